The molecular formula is C18H17N3O5. The Balaban J connectivity index is 2.31. The number of aliphatic carboxylic acids is 1. The SMILES string of the molecule is COc1cccc(OC)c1-n1c(/C=C/C(=O)O)nnc1-c1ccc(C)o1. The van der Waals surface area contributed by atoms with E-state index in [9.17, 15) is 4.79 Å². The second-order valence-corrected chi connectivity index (χ2v) is 5.31. The van der Waals surface area contributed by atoms with Gasteiger partial charge in [0.05, 0.1) is 14.2 Å². The minimum Gasteiger partial charge on any atom is -0.494 e. The van der Waals surface area contributed by atoms with Crippen molar-refractivity contribution in [1.29, 1.82) is 0 Å². The molecule has 0 spiro atoms. The molecule has 8 heteroatoms. The molecule has 134 valence electrons. The summed E-state index contributed by atoms with van der Waals surface area (Å²) in [5.74, 6) is 1.81. The maximum absolute atomic E-state index is 10.9. The molecular weight excluding hydrogens is 338 g/mol. The predicted octanol–water partition coefficient (Wildman–Crippen LogP) is 2.95. The molecule has 0 aliphatic rings. The van der Waals surface area contributed by atoms with Crippen LogP contribution in [-0.2, 0) is 4.79 Å². The second kappa shape index (κ2) is 7.14. The molecule has 0 fully saturated rings. The monoisotopic (exact) mass is 355 g/mol. The standard InChI is InChI=1S/C18H17N3O5/c1-11-7-8-14(26-11)18-20-19-15(9-10-16(22)23)21(18)17-12(24-2)5-4-6-13(17)25-3/h4-10H,1-3H3,(H,22,23)/b10-9+. The second-order valence-electron chi connectivity index (χ2n) is 5.31. The van der Waals surface area contributed by atoms with Crippen LogP contribution in [0.4, 0.5) is 0 Å². The normalized spacial score (nSPS) is 11.0. The van der Waals surface area contributed by atoms with E-state index in [1.54, 1.807) is 34.9 Å². The van der Waals surface area contributed by atoms with Crippen LogP contribution >= 0.6 is 0 Å². The van der Waals surface area contributed by atoms with E-state index in [0.717, 1.165) is 6.08 Å². The number of hydrogen-bond acceptors (Lipinski definition) is 6. The zero-order chi connectivity index (χ0) is 18.7. The van der Waals surface area contributed by atoms with Crippen molar-refractivity contribution in [3.63, 3.8) is 0 Å². The number of carboxylic acid groups (broad SMARTS) is 1. The quantitative estimate of drug-likeness (QED) is 0.679. The molecule has 0 radical (unpaired) electrons. The maximum Gasteiger partial charge on any atom is 0.328 e. The number of carbonyl (C=O) groups is 1. The van der Waals surface area contributed by atoms with Crippen molar-refractivity contribution >= 4 is 12.0 Å². The van der Waals surface area contributed by atoms with Crippen LogP contribution in [0.15, 0.2) is 40.8 Å². The summed E-state index contributed by atoms with van der Waals surface area (Å²) in [6, 6.07) is 8.89. The number of methoxy groups -OCH3 is 2. The van der Waals surface area contributed by atoms with Gasteiger partial charge in [0.25, 0.3) is 0 Å². The fraction of sp³-hybridized carbons (Fsp3) is 0.167. The van der Waals surface area contributed by atoms with Gasteiger partial charge in [-0.25, -0.2) is 4.79 Å². The van der Waals surface area contributed by atoms with E-state index in [2.05, 4.69) is 10.2 Å². The van der Waals surface area contributed by atoms with Crippen molar-refractivity contribution in [2.45, 2.75) is 6.92 Å². The average Bonchev–Trinajstić information content (AvgIpc) is 3.24. The first-order valence-electron chi connectivity index (χ1n) is 7.69. The van der Waals surface area contributed by atoms with Crippen LogP contribution in [0.1, 0.15) is 11.6 Å². The number of ether oxygens (including phenoxy) is 2. The van der Waals surface area contributed by atoms with Gasteiger partial charge in [0.1, 0.15) is 22.9 Å². The smallest absolute Gasteiger partial charge is 0.328 e. The highest BCUT2D eigenvalue weighted by molar-refractivity contribution is 5.85. The van der Waals surface area contributed by atoms with E-state index in [4.69, 9.17) is 19.0 Å². The lowest BCUT2D eigenvalue weighted by molar-refractivity contribution is -0.131. The van der Waals surface area contributed by atoms with E-state index in [1.807, 2.05) is 6.92 Å². The Hall–Kier alpha value is -3.55. The van der Waals surface area contributed by atoms with E-state index >= 15 is 0 Å². The zero-order valence-electron chi connectivity index (χ0n) is 14.5. The Bertz CT molecular complexity index is 949. The van der Waals surface area contributed by atoms with Gasteiger partial charge in [-0.1, -0.05) is 6.07 Å². The van der Waals surface area contributed by atoms with E-state index < -0.39 is 5.97 Å². The average molecular weight is 355 g/mol. The van der Waals surface area contributed by atoms with Crippen LogP contribution in [-0.4, -0.2) is 40.1 Å². The minimum absolute atomic E-state index is 0.291. The number of aryl methyl sites for hydroxylation is 1. The first-order valence-corrected chi connectivity index (χ1v) is 7.69. The summed E-state index contributed by atoms with van der Waals surface area (Å²) in [5, 5.41) is 17.2. The van der Waals surface area contributed by atoms with E-state index in [0.29, 0.717) is 40.4 Å². The van der Waals surface area contributed by atoms with Gasteiger partial charge in [0, 0.05) is 6.08 Å². The molecule has 3 aromatic rings. The van der Waals surface area contributed by atoms with Gasteiger partial charge in [-0.2, -0.15) is 0 Å². The Morgan fingerprint density at radius 3 is 2.38 bits per heavy atom. The Morgan fingerprint density at radius 1 is 1.15 bits per heavy atom. The molecule has 2 heterocycles. The summed E-state index contributed by atoms with van der Waals surface area (Å²) in [7, 11) is 3.07. The lowest BCUT2D eigenvalue weighted by Crippen LogP contribution is -2.05. The highest BCUT2D eigenvalue weighted by Crippen LogP contribution is 2.36. The van der Waals surface area contributed by atoms with Crippen molar-refractivity contribution in [2.75, 3.05) is 14.2 Å². The Kier molecular flexibility index (Phi) is 4.74. The van der Waals surface area contributed by atoms with Crippen LogP contribution in [0.5, 0.6) is 11.5 Å². The molecule has 0 unspecified atom stereocenters. The van der Waals surface area contributed by atoms with Gasteiger partial charge in [-0.15, -0.1) is 10.2 Å². The van der Waals surface area contributed by atoms with Crippen molar-refractivity contribution in [2.24, 2.45) is 0 Å². The molecule has 3 rings (SSSR count). The minimum atomic E-state index is -1.10. The van der Waals surface area contributed by atoms with Crippen LogP contribution in [0.25, 0.3) is 23.3 Å². The Morgan fingerprint density at radius 2 is 1.85 bits per heavy atom. The summed E-state index contributed by atoms with van der Waals surface area (Å²) < 4.78 is 18.2. The molecule has 0 aliphatic heterocycles. The zero-order valence-corrected chi connectivity index (χ0v) is 14.5. The molecule has 0 atom stereocenters. The molecule has 0 saturated heterocycles. The van der Waals surface area contributed by atoms with Crippen molar-refractivity contribution in [3.05, 3.63) is 48.0 Å². The summed E-state index contributed by atoms with van der Waals surface area (Å²) >= 11 is 0. The molecule has 8 nitrogen and oxygen atoms in total. The molecule has 1 aromatic carbocycles. The third-order valence-corrected chi connectivity index (χ3v) is 3.65. The van der Waals surface area contributed by atoms with Crippen molar-refractivity contribution in [3.8, 4) is 28.8 Å². The van der Waals surface area contributed by atoms with Gasteiger partial charge in [-0.05, 0) is 37.3 Å². The molecule has 0 amide bonds. The topological polar surface area (TPSA) is 99.6 Å². The number of rotatable bonds is 6. The van der Waals surface area contributed by atoms with Gasteiger partial charge in [0.15, 0.2) is 11.6 Å². The lowest BCUT2D eigenvalue weighted by Gasteiger charge is -2.15. The van der Waals surface area contributed by atoms with Gasteiger partial charge >= 0.3 is 5.97 Å². The third-order valence-electron chi connectivity index (χ3n) is 3.65. The molecule has 0 bridgehead atoms. The summed E-state index contributed by atoms with van der Waals surface area (Å²) in [5.41, 5.74) is 0.539. The summed E-state index contributed by atoms with van der Waals surface area (Å²) in [4.78, 5) is 10.9. The van der Waals surface area contributed by atoms with Gasteiger partial charge in [0.2, 0.25) is 5.82 Å². The Labute approximate surface area is 149 Å². The molecule has 0 saturated carbocycles. The van der Waals surface area contributed by atoms with Crippen LogP contribution in [0.2, 0.25) is 0 Å². The highest BCUT2D eigenvalue weighted by atomic mass is 16.5. The number of hydrogen-bond donors (Lipinski definition) is 1. The van der Waals surface area contributed by atoms with E-state index in [1.165, 1.54) is 20.3 Å². The van der Waals surface area contributed by atoms with Gasteiger partial charge < -0.3 is 19.0 Å². The van der Waals surface area contributed by atoms with Crippen LogP contribution < -0.4 is 9.47 Å². The number of nitrogens with zero attached hydrogens (tertiary/aromatic N) is 3. The molecule has 0 aliphatic carbocycles. The maximum atomic E-state index is 10.9. The molecule has 2 aromatic heterocycles. The molecule has 1 N–H and O–H groups in total. The summed E-state index contributed by atoms with van der Waals surface area (Å²) in [6.45, 7) is 1.82. The number of aromatic nitrogens is 3. The highest BCUT2D eigenvalue weighted by Gasteiger charge is 2.22. The number of benzene rings is 1. The predicted molar refractivity (Wildman–Crippen MR) is 93.6 cm³/mol. The lowest BCUT2D eigenvalue weighted by atomic mass is 10.2. The number of carboxylic acids is 1. The van der Waals surface area contributed by atoms with Crippen LogP contribution in [0, 0.1) is 6.92 Å². The van der Waals surface area contributed by atoms with Crippen LogP contribution in [0.3, 0.4) is 0 Å². The number of para-hydroxylation sites is 1. The van der Waals surface area contributed by atoms with Crippen molar-refractivity contribution < 1.29 is 23.8 Å². The fourth-order valence-electron chi connectivity index (χ4n) is 2.54. The first-order chi connectivity index (χ1) is 12.5. The number of furan rings is 1. The fourth-order valence-corrected chi connectivity index (χ4v) is 2.54. The van der Waals surface area contributed by atoms with Crippen molar-refractivity contribution in [1.82, 2.24) is 14.8 Å². The summed E-state index contributed by atoms with van der Waals surface area (Å²) in [6.07, 6.45) is 2.33. The third kappa shape index (κ3) is 3.16. The van der Waals surface area contributed by atoms with Gasteiger partial charge in [-0.3, -0.25) is 4.57 Å². The van der Waals surface area contributed by atoms with E-state index in [-0.39, 0.29) is 0 Å². The molecule has 26 heavy (non-hydrogen) atoms. The first kappa shape index (κ1) is 17.3. The largest absolute Gasteiger partial charge is 0.494 e.